The first kappa shape index (κ1) is 21.5. The lowest BCUT2D eigenvalue weighted by Gasteiger charge is -2.19. The second-order valence-electron chi connectivity index (χ2n) is 8.86. The predicted octanol–water partition coefficient (Wildman–Crippen LogP) is 5.52. The standard InChI is InChI=1S/C27H25FN2O2/c1-27(2,3)20-13-15-21(16-14-20)29-24-23(18-9-5-4-6-10-18)25(31)30(26(24)32)17-19-11-7-8-12-22(19)28/h4-16,29H,17H2,1-3H3. The Bertz CT molecular complexity index is 1190. The summed E-state index contributed by atoms with van der Waals surface area (Å²) in [6.45, 7) is 6.26. The minimum absolute atomic E-state index is 0.00268. The zero-order valence-corrected chi connectivity index (χ0v) is 18.4. The fourth-order valence-corrected chi connectivity index (χ4v) is 3.70. The number of hydrogen-bond donors (Lipinski definition) is 1. The largest absolute Gasteiger partial charge is 0.350 e. The van der Waals surface area contributed by atoms with Gasteiger partial charge in [0.25, 0.3) is 11.8 Å². The molecule has 0 spiro atoms. The summed E-state index contributed by atoms with van der Waals surface area (Å²) in [5, 5.41) is 3.15. The quantitative estimate of drug-likeness (QED) is 0.545. The third kappa shape index (κ3) is 4.19. The maximum absolute atomic E-state index is 14.2. The van der Waals surface area contributed by atoms with E-state index in [1.807, 2.05) is 42.5 Å². The Labute approximate surface area is 187 Å². The highest BCUT2D eigenvalue weighted by Gasteiger charge is 2.39. The van der Waals surface area contributed by atoms with Crippen LogP contribution < -0.4 is 5.32 Å². The van der Waals surface area contributed by atoms with Crippen LogP contribution >= 0.6 is 0 Å². The maximum atomic E-state index is 14.2. The number of anilines is 1. The Hall–Kier alpha value is -3.73. The van der Waals surface area contributed by atoms with Gasteiger partial charge in [-0.05, 0) is 34.7 Å². The smallest absolute Gasteiger partial charge is 0.278 e. The molecule has 3 aromatic rings. The van der Waals surface area contributed by atoms with E-state index in [9.17, 15) is 14.0 Å². The van der Waals surface area contributed by atoms with Gasteiger partial charge in [-0.3, -0.25) is 14.5 Å². The molecule has 1 aliphatic rings. The first-order valence-corrected chi connectivity index (χ1v) is 10.5. The summed E-state index contributed by atoms with van der Waals surface area (Å²) in [6, 6.07) is 23.0. The number of nitrogens with zero attached hydrogens (tertiary/aromatic N) is 1. The van der Waals surface area contributed by atoms with Crippen LogP contribution in [0.1, 0.15) is 37.5 Å². The van der Waals surface area contributed by atoms with E-state index >= 15 is 0 Å². The number of imide groups is 1. The molecule has 5 heteroatoms. The van der Waals surface area contributed by atoms with Gasteiger partial charge in [0.15, 0.2) is 0 Å². The average Bonchev–Trinajstić information content (AvgIpc) is 3.00. The fraction of sp³-hybridized carbons (Fsp3) is 0.185. The molecule has 1 heterocycles. The molecule has 0 fully saturated rings. The van der Waals surface area contributed by atoms with Gasteiger partial charge in [0, 0.05) is 11.3 Å². The Morgan fingerprint density at radius 1 is 0.812 bits per heavy atom. The highest BCUT2D eigenvalue weighted by Crippen LogP contribution is 2.32. The Balaban J connectivity index is 1.71. The van der Waals surface area contributed by atoms with E-state index in [4.69, 9.17) is 0 Å². The van der Waals surface area contributed by atoms with Crippen molar-refractivity contribution in [2.24, 2.45) is 0 Å². The van der Waals surface area contributed by atoms with Crippen LogP contribution in [0, 0.1) is 5.82 Å². The van der Waals surface area contributed by atoms with Crippen molar-refractivity contribution in [3.05, 3.63) is 107 Å². The van der Waals surface area contributed by atoms with Gasteiger partial charge in [0.2, 0.25) is 0 Å². The highest BCUT2D eigenvalue weighted by atomic mass is 19.1. The van der Waals surface area contributed by atoms with Gasteiger partial charge in [-0.25, -0.2) is 4.39 Å². The monoisotopic (exact) mass is 428 g/mol. The van der Waals surface area contributed by atoms with Crippen LogP contribution in [-0.2, 0) is 21.5 Å². The van der Waals surface area contributed by atoms with Gasteiger partial charge in [-0.15, -0.1) is 0 Å². The second-order valence-corrected chi connectivity index (χ2v) is 8.86. The molecule has 0 aromatic heterocycles. The van der Waals surface area contributed by atoms with Crippen LogP contribution in [0.4, 0.5) is 10.1 Å². The van der Waals surface area contributed by atoms with E-state index in [1.165, 1.54) is 6.07 Å². The molecule has 162 valence electrons. The van der Waals surface area contributed by atoms with Crippen LogP contribution in [0.2, 0.25) is 0 Å². The number of carbonyl (C=O) groups is 2. The van der Waals surface area contributed by atoms with Gasteiger partial charge < -0.3 is 5.32 Å². The molecule has 32 heavy (non-hydrogen) atoms. The Morgan fingerprint density at radius 3 is 2.06 bits per heavy atom. The summed E-state index contributed by atoms with van der Waals surface area (Å²) in [4.78, 5) is 27.7. The minimum Gasteiger partial charge on any atom is -0.350 e. The summed E-state index contributed by atoms with van der Waals surface area (Å²) < 4.78 is 14.2. The van der Waals surface area contributed by atoms with E-state index < -0.39 is 17.6 Å². The lowest BCUT2D eigenvalue weighted by Crippen LogP contribution is -2.32. The molecule has 0 radical (unpaired) electrons. The lowest BCUT2D eigenvalue weighted by atomic mass is 9.87. The molecule has 4 rings (SSSR count). The van der Waals surface area contributed by atoms with Gasteiger partial charge in [0.1, 0.15) is 11.5 Å². The minimum atomic E-state index is -0.475. The summed E-state index contributed by atoms with van der Waals surface area (Å²) in [6.07, 6.45) is 0. The van der Waals surface area contributed by atoms with Crippen molar-refractivity contribution in [2.45, 2.75) is 32.7 Å². The molecule has 1 aliphatic heterocycles. The van der Waals surface area contributed by atoms with Crippen LogP contribution in [-0.4, -0.2) is 16.7 Å². The van der Waals surface area contributed by atoms with Crippen molar-refractivity contribution in [3.8, 4) is 0 Å². The van der Waals surface area contributed by atoms with Gasteiger partial charge in [-0.2, -0.15) is 0 Å². The van der Waals surface area contributed by atoms with Crippen LogP contribution in [0.15, 0.2) is 84.6 Å². The molecule has 0 saturated heterocycles. The summed E-state index contributed by atoms with van der Waals surface area (Å²) in [5.41, 5.74) is 3.27. The zero-order chi connectivity index (χ0) is 22.9. The number of hydrogen-bond acceptors (Lipinski definition) is 3. The van der Waals surface area contributed by atoms with E-state index in [0.29, 0.717) is 11.3 Å². The van der Waals surface area contributed by atoms with Gasteiger partial charge in [0.05, 0.1) is 12.1 Å². The van der Waals surface area contributed by atoms with E-state index in [-0.39, 0.29) is 28.8 Å². The molecule has 1 N–H and O–H groups in total. The zero-order valence-electron chi connectivity index (χ0n) is 18.4. The number of halogens is 1. The van der Waals surface area contributed by atoms with Crippen molar-refractivity contribution in [2.75, 3.05) is 5.32 Å². The normalized spacial score (nSPS) is 14.3. The number of rotatable bonds is 5. The highest BCUT2D eigenvalue weighted by molar-refractivity contribution is 6.36. The number of nitrogens with one attached hydrogen (secondary N) is 1. The van der Waals surface area contributed by atoms with E-state index in [1.54, 1.807) is 30.3 Å². The van der Waals surface area contributed by atoms with E-state index in [0.717, 1.165) is 10.5 Å². The molecule has 0 bridgehead atoms. The molecule has 0 unspecified atom stereocenters. The molecule has 0 saturated carbocycles. The van der Waals surface area contributed by atoms with Gasteiger partial charge >= 0.3 is 0 Å². The van der Waals surface area contributed by atoms with Crippen molar-refractivity contribution < 1.29 is 14.0 Å². The fourth-order valence-electron chi connectivity index (χ4n) is 3.70. The predicted molar refractivity (Wildman–Crippen MR) is 124 cm³/mol. The number of amides is 2. The molecule has 0 aliphatic carbocycles. The lowest BCUT2D eigenvalue weighted by molar-refractivity contribution is -0.137. The first-order valence-electron chi connectivity index (χ1n) is 10.5. The number of carbonyl (C=O) groups excluding carboxylic acids is 2. The SMILES string of the molecule is CC(C)(C)c1ccc(NC2=C(c3ccccc3)C(=O)N(Cc3ccccc3F)C2=O)cc1. The second kappa shape index (κ2) is 8.42. The summed E-state index contributed by atoms with van der Waals surface area (Å²) >= 11 is 0. The van der Waals surface area contributed by atoms with Crippen molar-refractivity contribution in [3.63, 3.8) is 0 Å². The van der Waals surface area contributed by atoms with Crippen LogP contribution in [0.5, 0.6) is 0 Å². The maximum Gasteiger partial charge on any atom is 0.278 e. The Morgan fingerprint density at radius 2 is 1.44 bits per heavy atom. The molecular weight excluding hydrogens is 403 g/mol. The van der Waals surface area contributed by atoms with Crippen molar-refractivity contribution in [1.29, 1.82) is 0 Å². The van der Waals surface area contributed by atoms with Crippen LogP contribution in [0.3, 0.4) is 0 Å². The molecule has 2 amide bonds. The Kier molecular flexibility index (Phi) is 5.66. The number of benzene rings is 3. The first-order chi connectivity index (χ1) is 15.3. The summed E-state index contributed by atoms with van der Waals surface area (Å²) in [7, 11) is 0. The third-order valence-corrected chi connectivity index (χ3v) is 5.54. The van der Waals surface area contributed by atoms with Crippen molar-refractivity contribution >= 4 is 23.1 Å². The molecule has 4 nitrogen and oxygen atoms in total. The van der Waals surface area contributed by atoms with Gasteiger partial charge in [-0.1, -0.05) is 81.4 Å². The average molecular weight is 429 g/mol. The van der Waals surface area contributed by atoms with Crippen molar-refractivity contribution in [1.82, 2.24) is 4.90 Å². The molecule has 3 aromatic carbocycles. The molecular formula is C27H25FN2O2. The molecule has 0 atom stereocenters. The van der Waals surface area contributed by atoms with Crippen LogP contribution in [0.25, 0.3) is 5.57 Å². The topological polar surface area (TPSA) is 49.4 Å². The van der Waals surface area contributed by atoms with E-state index in [2.05, 4.69) is 26.1 Å². The third-order valence-electron chi connectivity index (χ3n) is 5.54. The summed E-state index contributed by atoms with van der Waals surface area (Å²) in [5.74, 6) is -1.37.